The fourth-order valence-corrected chi connectivity index (χ4v) is 4.64. The van der Waals surface area contributed by atoms with Gasteiger partial charge in [0.2, 0.25) is 11.8 Å². The highest BCUT2D eigenvalue weighted by Crippen LogP contribution is 2.32. The largest absolute Gasteiger partial charge is 0.353 e. The van der Waals surface area contributed by atoms with Crippen molar-refractivity contribution in [2.75, 3.05) is 62.7 Å². The number of likely N-dealkylation sites (N-methyl/N-ethyl adjacent to an activating group) is 1. The van der Waals surface area contributed by atoms with Crippen LogP contribution in [0.5, 0.6) is 0 Å². The number of aromatic nitrogens is 2. The third-order valence-electron chi connectivity index (χ3n) is 6.29. The summed E-state index contributed by atoms with van der Waals surface area (Å²) in [4.78, 5) is 42.0. The lowest BCUT2D eigenvalue weighted by atomic mass is 10.1. The van der Waals surface area contributed by atoms with E-state index in [9.17, 15) is 9.59 Å². The minimum absolute atomic E-state index is 0.115. The van der Waals surface area contributed by atoms with Gasteiger partial charge in [-0.25, -0.2) is 9.97 Å². The number of nitrogens with one attached hydrogen (secondary N) is 1. The molecule has 9 nitrogen and oxygen atoms in total. The van der Waals surface area contributed by atoms with Crippen LogP contribution >= 0.6 is 0 Å². The third-order valence-corrected chi connectivity index (χ3v) is 6.29. The van der Waals surface area contributed by atoms with Crippen molar-refractivity contribution in [2.24, 2.45) is 0 Å². The highest BCUT2D eigenvalue weighted by Gasteiger charge is 2.33. The summed E-state index contributed by atoms with van der Waals surface area (Å²) in [6.45, 7) is 7.35. The molecule has 0 saturated carbocycles. The van der Waals surface area contributed by atoms with Crippen molar-refractivity contribution in [1.82, 2.24) is 25.1 Å². The summed E-state index contributed by atoms with van der Waals surface area (Å²) in [5.74, 6) is 2.01. The molecule has 1 unspecified atom stereocenters. The predicted molar refractivity (Wildman–Crippen MR) is 111 cm³/mol. The molecule has 158 valence electrons. The van der Waals surface area contributed by atoms with Gasteiger partial charge in [-0.2, -0.15) is 0 Å². The van der Waals surface area contributed by atoms with E-state index in [4.69, 9.17) is 0 Å². The molecule has 0 aliphatic carbocycles. The number of hydrogen-bond acceptors (Lipinski definition) is 7. The highest BCUT2D eigenvalue weighted by molar-refractivity contribution is 5.84. The van der Waals surface area contributed by atoms with Crippen LogP contribution in [0.4, 0.5) is 11.6 Å². The zero-order valence-corrected chi connectivity index (χ0v) is 17.4. The molecule has 4 rings (SSSR count). The smallest absolute Gasteiger partial charge is 0.242 e. The van der Waals surface area contributed by atoms with Crippen LogP contribution in [0, 0.1) is 0 Å². The summed E-state index contributed by atoms with van der Waals surface area (Å²) in [5.41, 5.74) is 1.02. The zero-order valence-electron chi connectivity index (χ0n) is 17.4. The van der Waals surface area contributed by atoms with Gasteiger partial charge in [0, 0.05) is 46.2 Å². The molecular weight excluding hydrogens is 370 g/mol. The van der Waals surface area contributed by atoms with Crippen molar-refractivity contribution in [3.8, 4) is 0 Å². The normalized spacial score (nSPS) is 23.5. The van der Waals surface area contributed by atoms with Crippen molar-refractivity contribution in [2.45, 2.75) is 38.8 Å². The molecule has 0 bridgehead atoms. The number of hydrogen-bond donors (Lipinski definition) is 1. The summed E-state index contributed by atoms with van der Waals surface area (Å²) < 4.78 is 0. The van der Waals surface area contributed by atoms with Crippen molar-refractivity contribution >= 4 is 23.5 Å². The lowest BCUT2D eigenvalue weighted by molar-refractivity contribution is -0.132. The van der Waals surface area contributed by atoms with E-state index in [0.29, 0.717) is 26.2 Å². The second-order valence-electron chi connectivity index (χ2n) is 8.20. The van der Waals surface area contributed by atoms with E-state index < -0.39 is 0 Å². The fraction of sp³-hybridized carbons (Fsp3) is 0.700. The number of amides is 2. The van der Waals surface area contributed by atoms with Gasteiger partial charge in [-0.05, 0) is 32.4 Å². The van der Waals surface area contributed by atoms with Crippen LogP contribution in [0.3, 0.4) is 0 Å². The molecule has 1 N–H and O–H groups in total. The first-order chi connectivity index (χ1) is 14.0. The molecule has 0 aromatic carbocycles. The number of carbonyl (C=O) groups excluding carboxylic acids is 2. The second-order valence-corrected chi connectivity index (χ2v) is 8.20. The first kappa shape index (κ1) is 19.9. The van der Waals surface area contributed by atoms with Crippen molar-refractivity contribution in [3.05, 3.63) is 11.9 Å². The van der Waals surface area contributed by atoms with Crippen LogP contribution in [0.2, 0.25) is 0 Å². The summed E-state index contributed by atoms with van der Waals surface area (Å²) in [6, 6.07) is 0.250. The molecule has 3 aliphatic rings. The maximum Gasteiger partial charge on any atom is 0.242 e. The van der Waals surface area contributed by atoms with Gasteiger partial charge in [-0.3, -0.25) is 9.59 Å². The summed E-state index contributed by atoms with van der Waals surface area (Å²) in [6.07, 6.45) is 4.68. The van der Waals surface area contributed by atoms with E-state index in [-0.39, 0.29) is 17.9 Å². The van der Waals surface area contributed by atoms with Gasteiger partial charge in [-0.1, -0.05) is 0 Å². The average molecular weight is 402 g/mol. The first-order valence-electron chi connectivity index (χ1n) is 10.6. The summed E-state index contributed by atoms with van der Waals surface area (Å²) in [5, 5.41) is 3.44. The van der Waals surface area contributed by atoms with E-state index in [2.05, 4.69) is 20.2 Å². The molecule has 9 heteroatoms. The van der Waals surface area contributed by atoms with Gasteiger partial charge in [0.1, 0.15) is 18.0 Å². The lowest BCUT2D eigenvalue weighted by Crippen LogP contribution is -2.48. The van der Waals surface area contributed by atoms with Crippen LogP contribution in [0.15, 0.2) is 6.33 Å². The van der Waals surface area contributed by atoms with Crippen LogP contribution in [0.25, 0.3) is 0 Å². The van der Waals surface area contributed by atoms with Crippen molar-refractivity contribution in [3.63, 3.8) is 0 Å². The van der Waals surface area contributed by atoms with E-state index >= 15 is 0 Å². The minimum Gasteiger partial charge on any atom is -0.353 e. The molecule has 2 saturated heterocycles. The minimum atomic E-state index is 0.115. The standard InChI is InChI=1S/C20H31N7O2/c1-15(28)25-8-10-26(11-9-25)20-17-12-27(16-4-3-6-21-7-5-16)18(29)13-24(2)19(17)22-14-23-20/h14,16,21H,3-13H2,1-2H3. The molecule has 1 aromatic heterocycles. The quantitative estimate of drug-likeness (QED) is 0.750. The molecule has 2 amide bonds. The Morgan fingerprint density at radius 2 is 1.83 bits per heavy atom. The summed E-state index contributed by atoms with van der Waals surface area (Å²) in [7, 11) is 1.93. The topological polar surface area (TPSA) is 84.9 Å². The van der Waals surface area contributed by atoms with Crippen LogP contribution in [-0.4, -0.2) is 90.5 Å². The van der Waals surface area contributed by atoms with E-state index in [1.807, 2.05) is 21.7 Å². The van der Waals surface area contributed by atoms with E-state index in [0.717, 1.165) is 62.6 Å². The number of piperazine rings is 1. The van der Waals surface area contributed by atoms with Crippen LogP contribution in [-0.2, 0) is 16.1 Å². The monoisotopic (exact) mass is 401 g/mol. The SMILES string of the molecule is CC(=O)N1CCN(c2ncnc3c2CN(C2CCCNCC2)C(=O)CN3C)CC1. The molecule has 0 radical (unpaired) electrons. The molecule has 1 aromatic rings. The molecule has 29 heavy (non-hydrogen) atoms. The van der Waals surface area contributed by atoms with Crippen LogP contribution < -0.4 is 15.1 Å². The number of anilines is 2. The Balaban J connectivity index is 1.62. The Morgan fingerprint density at radius 1 is 1.07 bits per heavy atom. The van der Waals surface area contributed by atoms with E-state index in [1.54, 1.807) is 13.3 Å². The number of nitrogens with zero attached hydrogens (tertiary/aromatic N) is 6. The van der Waals surface area contributed by atoms with Gasteiger partial charge in [0.15, 0.2) is 0 Å². The Kier molecular flexibility index (Phi) is 5.84. The molecule has 2 fully saturated rings. The highest BCUT2D eigenvalue weighted by atomic mass is 16.2. The van der Waals surface area contributed by atoms with Crippen LogP contribution in [0.1, 0.15) is 31.7 Å². The van der Waals surface area contributed by atoms with Crippen molar-refractivity contribution < 1.29 is 9.59 Å². The van der Waals surface area contributed by atoms with E-state index in [1.165, 1.54) is 0 Å². The fourth-order valence-electron chi connectivity index (χ4n) is 4.64. The molecule has 4 heterocycles. The number of rotatable bonds is 2. The van der Waals surface area contributed by atoms with Crippen molar-refractivity contribution in [1.29, 1.82) is 0 Å². The Morgan fingerprint density at radius 3 is 2.59 bits per heavy atom. The predicted octanol–water partition coefficient (Wildman–Crippen LogP) is 0.0656. The Bertz CT molecular complexity index is 755. The number of carbonyl (C=O) groups is 2. The average Bonchev–Trinajstić information content (AvgIpc) is 3.06. The van der Waals surface area contributed by atoms with Gasteiger partial charge >= 0.3 is 0 Å². The van der Waals surface area contributed by atoms with Gasteiger partial charge in [-0.15, -0.1) is 0 Å². The zero-order chi connectivity index (χ0) is 20.4. The third kappa shape index (κ3) is 4.14. The Labute approximate surface area is 172 Å². The second kappa shape index (κ2) is 8.52. The molecular formula is C20H31N7O2. The van der Waals surface area contributed by atoms with Gasteiger partial charge < -0.3 is 24.9 Å². The number of fused-ring (bicyclic) bond motifs is 1. The molecule has 0 spiro atoms. The molecule has 3 aliphatic heterocycles. The summed E-state index contributed by atoms with van der Waals surface area (Å²) >= 11 is 0. The molecule has 1 atom stereocenters. The Hall–Kier alpha value is -2.42. The van der Waals surface area contributed by atoms with Gasteiger partial charge in [0.05, 0.1) is 18.7 Å². The van der Waals surface area contributed by atoms with Gasteiger partial charge in [0.25, 0.3) is 0 Å². The maximum absolute atomic E-state index is 13.1. The maximum atomic E-state index is 13.1. The lowest BCUT2D eigenvalue weighted by Gasteiger charge is -2.36. The first-order valence-corrected chi connectivity index (χ1v) is 10.6.